The predicted octanol–water partition coefficient (Wildman–Crippen LogP) is 4.24. The van der Waals surface area contributed by atoms with E-state index in [0.717, 1.165) is 25.7 Å². The summed E-state index contributed by atoms with van der Waals surface area (Å²) in [5.74, 6) is -0.0353. The molecule has 2 saturated carbocycles. The Labute approximate surface area is 159 Å². The summed E-state index contributed by atoms with van der Waals surface area (Å²) in [5.41, 5.74) is -1.96. The fourth-order valence-corrected chi connectivity index (χ4v) is 6.33. The Bertz CT molecular complexity index is 548. The van der Waals surface area contributed by atoms with Crippen molar-refractivity contribution in [1.29, 1.82) is 0 Å². The van der Waals surface area contributed by atoms with E-state index in [0.29, 0.717) is 12.8 Å². The van der Waals surface area contributed by atoms with E-state index in [-0.39, 0.29) is 34.7 Å². The van der Waals surface area contributed by atoms with Gasteiger partial charge in [-0.15, -0.1) is 6.58 Å². The molecule has 150 valence electrons. The molecule has 2 fully saturated rings. The second kappa shape index (κ2) is 6.94. The highest BCUT2D eigenvalue weighted by atomic mass is 16.5. The summed E-state index contributed by atoms with van der Waals surface area (Å²) in [6.45, 7) is 15.6. The van der Waals surface area contributed by atoms with E-state index in [1.807, 2.05) is 6.92 Å². The lowest BCUT2D eigenvalue weighted by Crippen LogP contribution is -2.63. The predicted molar refractivity (Wildman–Crippen MR) is 104 cm³/mol. The van der Waals surface area contributed by atoms with Crippen molar-refractivity contribution in [3.8, 4) is 0 Å². The fourth-order valence-electron chi connectivity index (χ4n) is 6.33. The van der Waals surface area contributed by atoms with Gasteiger partial charge < -0.3 is 14.9 Å². The molecule has 0 unspecified atom stereocenters. The topological polar surface area (TPSA) is 66.8 Å². The van der Waals surface area contributed by atoms with Crippen molar-refractivity contribution in [2.75, 3.05) is 0 Å². The zero-order valence-corrected chi connectivity index (χ0v) is 17.5. The first-order valence-electron chi connectivity index (χ1n) is 10.0. The van der Waals surface area contributed by atoms with Crippen LogP contribution in [0.3, 0.4) is 0 Å². The molecular formula is C22H38O4. The van der Waals surface area contributed by atoms with E-state index >= 15 is 0 Å². The third-order valence-corrected chi connectivity index (χ3v) is 7.32. The molecule has 4 heteroatoms. The second-order valence-electron chi connectivity index (χ2n) is 10.2. The van der Waals surface area contributed by atoms with Gasteiger partial charge in [0.2, 0.25) is 0 Å². The van der Waals surface area contributed by atoms with Gasteiger partial charge in [-0.3, -0.25) is 4.79 Å². The van der Waals surface area contributed by atoms with Crippen LogP contribution < -0.4 is 0 Å². The number of hydrogen-bond donors (Lipinski definition) is 2. The molecule has 4 nitrogen and oxygen atoms in total. The summed E-state index contributed by atoms with van der Waals surface area (Å²) in [6.07, 6.45) is 6.28. The molecule has 0 aliphatic heterocycles. The summed E-state index contributed by atoms with van der Waals surface area (Å²) < 4.78 is 5.75. The number of esters is 1. The minimum atomic E-state index is -0.934. The summed E-state index contributed by atoms with van der Waals surface area (Å²) in [4.78, 5) is 11.7. The van der Waals surface area contributed by atoms with Gasteiger partial charge >= 0.3 is 5.97 Å². The van der Waals surface area contributed by atoms with Crippen molar-refractivity contribution in [1.82, 2.24) is 0 Å². The van der Waals surface area contributed by atoms with Crippen molar-refractivity contribution in [2.45, 2.75) is 97.4 Å². The second-order valence-corrected chi connectivity index (χ2v) is 10.2. The maximum absolute atomic E-state index is 11.7. The first-order chi connectivity index (χ1) is 11.8. The standard InChI is InChI=1S/C22H38O4/c1-8-20(5,24)13-10-17-21(6)12-9-11-19(3,4)18(21)16(26-15(2)23)14-22(17,7)25/h8,16-18,24-25H,1,9-14H2,2-7H3/t16-,17+,18-,20+,21+,22+/m0/s1. The Morgan fingerprint density at radius 2 is 1.92 bits per heavy atom. The molecular weight excluding hydrogens is 328 g/mol. The molecule has 0 aromatic carbocycles. The van der Waals surface area contributed by atoms with Crippen molar-refractivity contribution >= 4 is 5.97 Å². The van der Waals surface area contributed by atoms with E-state index < -0.39 is 11.2 Å². The Balaban J connectivity index is 2.42. The van der Waals surface area contributed by atoms with Gasteiger partial charge in [-0.25, -0.2) is 0 Å². The Morgan fingerprint density at radius 1 is 1.31 bits per heavy atom. The van der Waals surface area contributed by atoms with Gasteiger partial charge in [0.25, 0.3) is 0 Å². The molecule has 2 rings (SSSR count). The lowest BCUT2D eigenvalue weighted by Gasteiger charge is -2.63. The lowest BCUT2D eigenvalue weighted by atomic mass is 9.44. The molecule has 0 bridgehead atoms. The van der Waals surface area contributed by atoms with Crippen molar-refractivity contribution < 1.29 is 19.7 Å². The van der Waals surface area contributed by atoms with Crippen molar-refractivity contribution in [3.05, 3.63) is 12.7 Å². The molecule has 0 radical (unpaired) electrons. The van der Waals surface area contributed by atoms with E-state index in [4.69, 9.17) is 4.74 Å². The molecule has 0 aromatic heterocycles. The van der Waals surface area contributed by atoms with Crippen LogP contribution in [0.2, 0.25) is 0 Å². The minimum Gasteiger partial charge on any atom is -0.462 e. The molecule has 0 aromatic rings. The van der Waals surface area contributed by atoms with Crippen LogP contribution in [0.5, 0.6) is 0 Å². The molecule has 26 heavy (non-hydrogen) atoms. The highest BCUT2D eigenvalue weighted by Crippen LogP contribution is 2.63. The molecule has 0 amide bonds. The number of rotatable bonds is 5. The van der Waals surface area contributed by atoms with Crippen LogP contribution in [-0.4, -0.2) is 33.5 Å². The maximum atomic E-state index is 11.7. The average molecular weight is 367 g/mol. The Morgan fingerprint density at radius 3 is 2.46 bits per heavy atom. The summed E-state index contributed by atoms with van der Waals surface area (Å²) in [7, 11) is 0. The third kappa shape index (κ3) is 4.01. The fraction of sp³-hybridized carbons (Fsp3) is 0.864. The smallest absolute Gasteiger partial charge is 0.302 e. The van der Waals surface area contributed by atoms with Crippen LogP contribution in [-0.2, 0) is 9.53 Å². The van der Waals surface area contributed by atoms with Gasteiger partial charge in [0, 0.05) is 19.3 Å². The molecule has 0 spiro atoms. The van der Waals surface area contributed by atoms with Crippen LogP contribution in [0, 0.1) is 22.7 Å². The average Bonchev–Trinajstić information content (AvgIpc) is 2.43. The largest absolute Gasteiger partial charge is 0.462 e. The first-order valence-corrected chi connectivity index (χ1v) is 10.0. The van der Waals surface area contributed by atoms with E-state index in [1.54, 1.807) is 13.0 Å². The van der Waals surface area contributed by atoms with Crippen LogP contribution >= 0.6 is 0 Å². The number of aliphatic hydroxyl groups is 2. The molecule has 6 atom stereocenters. The summed E-state index contributed by atoms with van der Waals surface area (Å²) >= 11 is 0. The highest BCUT2D eigenvalue weighted by molar-refractivity contribution is 5.66. The lowest BCUT2D eigenvalue weighted by molar-refractivity contribution is -0.225. The summed E-state index contributed by atoms with van der Waals surface area (Å²) in [6, 6.07) is 0. The van der Waals surface area contributed by atoms with Gasteiger partial charge in [-0.2, -0.15) is 0 Å². The number of ether oxygens (including phenoxy) is 1. The number of hydrogen-bond acceptors (Lipinski definition) is 4. The van der Waals surface area contributed by atoms with Gasteiger partial charge in [-0.1, -0.05) is 33.3 Å². The van der Waals surface area contributed by atoms with Gasteiger partial charge in [0.05, 0.1) is 11.2 Å². The third-order valence-electron chi connectivity index (χ3n) is 7.32. The van der Waals surface area contributed by atoms with Crippen molar-refractivity contribution in [2.24, 2.45) is 22.7 Å². The Hall–Kier alpha value is -0.870. The van der Waals surface area contributed by atoms with Gasteiger partial charge in [0.1, 0.15) is 6.10 Å². The van der Waals surface area contributed by atoms with Crippen LogP contribution in [0.15, 0.2) is 12.7 Å². The van der Waals surface area contributed by atoms with Gasteiger partial charge in [0.15, 0.2) is 0 Å². The van der Waals surface area contributed by atoms with E-state index in [2.05, 4.69) is 27.4 Å². The number of carbonyl (C=O) groups excluding carboxylic acids is 1. The monoisotopic (exact) mass is 366 g/mol. The highest BCUT2D eigenvalue weighted by Gasteiger charge is 2.62. The first kappa shape index (κ1) is 21.4. The molecule has 2 aliphatic carbocycles. The minimum absolute atomic E-state index is 0.0396. The van der Waals surface area contributed by atoms with Crippen LogP contribution in [0.25, 0.3) is 0 Å². The van der Waals surface area contributed by atoms with Gasteiger partial charge in [-0.05, 0) is 56.3 Å². The number of fused-ring (bicyclic) bond motifs is 1. The summed E-state index contributed by atoms with van der Waals surface area (Å²) in [5, 5.41) is 21.8. The zero-order valence-electron chi connectivity index (χ0n) is 17.5. The van der Waals surface area contributed by atoms with Crippen molar-refractivity contribution in [3.63, 3.8) is 0 Å². The normalized spacial score (nSPS) is 41.6. The van der Waals surface area contributed by atoms with E-state index in [9.17, 15) is 15.0 Å². The molecule has 2 aliphatic rings. The Kier molecular flexibility index (Phi) is 5.72. The number of carbonyl (C=O) groups is 1. The quantitative estimate of drug-likeness (QED) is 0.564. The van der Waals surface area contributed by atoms with E-state index in [1.165, 1.54) is 6.92 Å². The molecule has 0 saturated heterocycles. The maximum Gasteiger partial charge on any atom is 0.302 e. The SMILES string of the molecule is C=C[C@@](C)(O)CC[C@@H]1[C@@]2(C)CCCC(C)(C)[C@@H]2[C@@H](OC(C)=O)C[C@@]1(C)O. The van der Waals surface area contributed by atoms with Crippen LogP contribution in [0.1, 0.15) is 80.1 Å². The zero-order chi connectivity index (χ0) is 20.0. The molecule has 0 heterocycles. The van der Waals surface area contributed by atoms with Crippen LogP contribution in [0.4, 0.5) is 0 Å². The molecule has 2 N–H and O–H groups in total.